The van der Waals surface area contributed by atoms with E-state index in [1.807, 2.05) is 0 Å². The third-order valence-electron chi connectivity index (χ3n) is 5.01. The molecule has 1 amide bonds. The van der Waals surface area contributed by atoms with Gasteiger partial charge in [-0.3, -0.25) is 19.8 Å². The Morgan fingerprint density at radius 2 is 1.81 bits per heavy atom. The number of amides is 1. The minimum absolute atomic E-state index is 0.0341. The van der Waals surface area contributed by atoms with Crippen molar-refractivity contribution in [3.8, 4) is 0 Å². The molecule has 1 aliphatic rings. The first-order valence-corrected chi connectivity index (χ1v) is 10.0. The molecular formula is C20H25N3O3S. The molecule has 144 valence electrons. The molecule has 0 aliphatic carbocycles. The van der Waals surface area contributed by atoms with Crippen molar-refractivity contribution < 1.29 is 9.72 Å². The van der Waals surface area contributed by atoms with Gasteiger partial charge in [-0.05, 0) is 24.0 Å². The minimum atomic E-state index is -0.425. The highest BCUT2D eigenvalue weighted by molar-refractivity contribution is 7.14. The van der Waals surface area contributed by atoms with Crippen LogP contribution in [0.15, 0.2) is 30.3 Å². The van der Waals surface area contributed by atoms with E-state index in [-0.39, 0.29) is 11.6 Å². The van der Waals surface area contributed by atoms with E-state index in [0.29, 0.717) is 28.8 Å². The Kier molecular flexibility index (Phi) is 5.92. The van der Waals surface area contributed by atoms with E-state index in [1.165, 1.54) is 28.5 Å². The van der Waals surface area contributed by atoms with Gasteiger partial charge in [0, 0.05) is 38.8 Å². The van der Waals surface area contributed by atoms with E-state index in [4.69, 9.17) is 0 Å². The van der Waals surface area contributed by atoms with Gasteiger partial charge in [-0.1, -0.05) is 38.1 Å². The van der Waals surface area contributed by atoms with Gasteiger partial charge in [0.15, 0.2) is 0 Å². The van der Waals surface area contributed by atoms with Crippen LogP contribution in [-0.4, -0.2) is 46.8 Å². The van der Waals surface area contributed by atoms with Crippen LogP contribution in [0.1, 0.15) is 45.4 Å². The Labute approximate surface area is 163 Å². The fourth-order valence-corrected chi connectivity index (χ4v) is 4.25. The van der Waals surface area contributed by atoms with Crippen LogP contribution < -0.4 is 0 Å². The quantitative estimate of drug-likeness (QED) is 0.573. The fraction of sp³-hybridized carbons (Fsp3) is 0.450. The normalized spacial score (nSPS) is 15.3. The molecule has 0 spiro atoms. The topological polar surface area (TPSA) is 66.7 Å². The van der Waals surface area contributed by atoms with Crippen LogP contribution in [0.2, 0.25) is 0 Å². The average molecular weight is 388 g/mol. The molecule has 1 saturated heterocycles. The number of aryl methyl sites for hydroxylation is 1. The van der Waals surface area contributed by atoms with Crippen molar-refractivity contribution in [1.82, 2.24) is 9.80 Å². The number of carbonyl (C=O) groups excluding carboxylic acids is 1. The largest absolute Gasteiger partial charge is 0.335 e. The lowest BCUT2D eigenvalue weighted by molar-refractivity contribution is -0.385. The number of rotatable bonds is 5. The molecular weight excluding hydrogens is 362 g/mol. The first-order valence-electron chi connectivity index (χ1n) is 9.20. The summed E-state index contributed by atoms with van der Waals surface area (Å²) in [5.41, 5.74) is 2.66. The summed E-state index contributed by atoms with van der Waals surface area (Å²) in [4.78, 5) is 28.4. The van der Waals surface area contributed by atoms with Crippen LogP contribution in [0.5, 0.6) is 0 Å². The molecule has 1 aromatic carbocycles. The molecule has 7 heteroatoms. The molecule has 1 aliphatic heterocycles. The second-order valence-corrected chi connectivity index (χ2v) is 8.53. The van der Waals surface area contributed by atoms with Crippen molar-refractivity contribution in [3.63, 3.8) is 0 Å². The molecule has 6 nitrogen and oxygen atoms in total. The molecule has 1 fully saturated rings. The molecule has 3 rings (SSSR count). The molecule has 0 bridgehead atoms. The Balaban J connectivity index is 1.56. The number of hydrogen-bond donors (Lipinski definition) is 0. The molecule has 1 aromatic heterocycles. The summed E-state index contributed by atoms with van der Waals surface area (Å²) in [6.45, 7) is 9.85. The number of thiophene rings is 1. The lowest BCUT2D eigenvalue weighted by atomic mass is 10.0. The maximum absolute atomic E-state index is 12.6. The van der Waals surface area contributed by atoms with Crippen molar-refractivity contribution in [2.24, 2.45) is 0 Å². The molecule has 0 saturated carbocycles. The zero-order valence-corrected chi connectivity index (χ0v) is 16.8. The molecule has 0 unspecified atom stereocenters. The minimum Gasteiger partial charge on any atom is -0.335 e. The van der Waals surface area contributed by atoms with Gasteiger partial charge < -0.3 is 4.90 Å². The van der Waals surface area contributed by atoms with Crippen molar-refractivity contribution in [3.05, 3.63) is 61.3 Å². The predicted molar refractivity (Wildman–Crippen MR) is 107 cm³/mol. The van der Waals surface area contributed by atoms with Crippen molar-refractivity contribution in [2.45, 2.75) is 33.2 Å². The van der Waals surface area contributed by atoms with Crippen LogP contribution in [0.3, 0.4) is 0 Å². The monoisotopic (exact) mass is 387 g/mol. The standard InChI is InChI=1S/C20H25N3O3S/c1-14(2)17-6-4-16(5-7-17)13-21-8-10-22(11-9-21)20(24)19-12-18(23(25)26)15(3)27-19/h4-7,12,14H,8-11,13H2,1-3H3. The Morgan fingerprint density at radius 1 is 1.19 bits per heavy atom. The Hall–Kier alpha value is -2.25. The second-order valence-electron chi connectivity index (χ2n) is 7.27. The van der Waals surface area contributed by atoms with Gasteiger partial charge in [0.2, 0.25) is 0 Å². The molecule has 0 N–H and O–H groups in total. The fourth-order valence-electron chi connectivity index (χ4n) is 3.29. The average Bonchev–Trinajstić information content (AvgIpc) is 3.04. The van der Waals surface area contributed by atoms with Crippen molar-refractivity contribution in [2.75, 3.05) is 26.2 Å². The highest BCUT2D eigenvalue weighted by atomic mass is 32.1. The summed E-state index contributed by atoms with van der Waals surface area (Å²) < 4.78 is 0. The van der Waals surface area contributed by atoms with E-state index in [0.717, 1.165) is 19.6 Å². The number of nitrogens with zero attached hydrogens (tertiary/aromatic N) is 3. The molecule has 2 heterocycles. The summed E-state index contributed by atoms with van der Waals surface area (Å²) in [6.07, 6.45) is 0. The van der Waals surface area contributed by atoms with Crippen LogP contribution in [-0.2, 0) is 6.54 Å². The smallest absolute Gasteiger partial charge is 0.283 e. The third-order valence-corrected chi connectivity index (χ3v) is 6.04. The highest BCUT2D eigenvalue weighted by Gasteiger charge is 2.26. The van der Waals surface area contributed by atoms with E-state index >= 15 is 0 Å². The summed E-state index contributed by atoms with van der Waals surface area (Å²) in [5.74, 6) is 0.433. The van der Waals surface area contributed by atoms with E-state index in [9.17, 15) is 14.9 Å². The third kappa shape index (κ3) is 4.54. The molecule has 0 radical (unpaired) electrons. The number of hydrogen-bond acceptors (Lipinski definition) is 5. The predicted octanol–water partition coefficient (Wildman–Crippen LogP) is 4.05. The first-order chi connectivity index (χ1) is 12.8. The second kappa shape index (κ2) is 8.19. The Morgan fingerprint density at radius 3 is 2.33 bits per heavy atom. The Bertz CT molecular complexity index is 821. The molecule has 27 heavy (non-hydrogen) atoms. The number of carbonyl (C=O) groups is 1. The van der Waals surface area contributed by atoms with Gasteiger partial charge in [0.25, 0.3) is 11.6 Å². The maximum atomic E-state index is 12.6. The number of benzene rings is 1. The van der Waals surface area contributed by atoms with Crippen LogP contribution in [0, 0.1) is 17.0 Å². The van der Waals surface area contributed by atoms with Gasteiger partial charge in [-0.15, -0.1) is 11.3 Å². The zero-order chi connectivity index (χ0) is 19.6. The molecule has 0 atom stereocenters. The van der Waals surface area contributed by atoms with Crippen LogP contribution >= 0.6 is 11.3 Å². The van der Waals surface area contributed by atoms with Crippen LogP contribution in [0.25, 0.3) is 0 Å². The van der Waals surface area contributed by atoms with Crippen molar-refractivity contribution in [1.29, 1.82) is 0 Å². The van der Waals surface area contributed by atoms with E-state index < -0.39 is 4.92 Å². The summed E-state index contributed by atoms with van der Waals surface area (Å²) in [7, 11) is 0. The lowest BCUT2D eigenvalue weighted by Crippen LogP contribution is -2.48. The highest BCUT2D eigenvalue weighted by Crippen LogP contribution is 2.29. The summed E-state index contributed by atoms with van der Waals surface area (Å²) in [5, 5.41) is 11.0. The zero-order valence-electron chi connectivity index (χ0n) is 16.0. The van der Waals surface area contributed by atoms with E-state index in [2.05, 4.69) is 43.0 Å². The van der Waals surface area contributed by atoms with Gasteiger partial charge in [0.1, 0.15) is 0 Å². The number of nitro groups is 1. The SMILES string of the molecule is Cc1sc(C(=O)N2CCN(Cc3ccc(C(C)C)cc3)CC2)cc1[N+](=O)[O-]. The van der Waals surface area contributed by atoms with Gasteiger partial charge in [-0.25, -0.2) is 0 Å². The summed E-state index contributed by atoms with van der Waals surface area (Å²) in [6, 6.07) is 10.1. The maximum Gasteiger partial charge on any atom is 0.283 e. The lowest BCUT2D eigenvalue weighted by Gasteiger charge is -2.34. The van der Waals surface area contributed by atoms with Gasteiger partial charge in [0.05, 0.1) is 14.7 Å². The molecule has 2 aromatic rings. The van der Waals surface area contributed by atoms with Gasteiger partial charge in [-0.2, -0.15) is 0 Å². The van der Waals surface area contributed by atoms with Crippen molar-refractivity contribution >= 4 is 22.9 Å². The van der Waals surface area contributed by atoms with E-state index in [1.54, 1.807) is 11.8 Å². The number of piperazine rings is 1. The summed E-state index contributed by atoms with van der Waals surface area (Å²) >= 11 is 1.20. The van der Waals surface area contributed by atoms with Gasteiger partial charge >= 0.3 is 0 Å². The van der Waals surface area contributed by atoms with Crippen LogP contribution in [0.4, 0.5) is 5.69 Å². The first kappa shape index (κ1) is 19.5.